The maximum atomic E-state index is 13.9. The van der Waals surface area contributed by atoms with Gasteiger partial charge in [-0.3, -0.25) is 14.5 Å². The van der Waals surface area contributed by atoms with E-state index in [2.05, 4.69) is 10.6 Å². The fourth-order valence-corrected chi connectivity index (χ4v) is 2.66. The lowest BCUT2D eigenvalue weighted by Crippen LogP contribution is -2.57. The molecule has 1 aliphatic heterocycles. The Hall–Kier alpha value is -1.99. The second kappa shape index (κ2) is 7.72. The number of rotatable bonds is 6. The molecule has 1 heterocycles. The van der Waals surface area contributed by atoms with Crippen LogP contribution in [0.2, 0.25) is 0 Å². The van der Waals surface area contributed by atoms with Crippen LogP contribution in [-0.4, -0.2) is 53.1 Å². The Balaban J connectivity index is 2.07. The smallest absolute Gasteiger partial charge is 0.237 e. The van der Waals surface area contributed by atoms with Crippen molar-refractivity contribution in [2.75, 3.05) is 19.7 Å². The first-order valence-corrected chi connectivity index (χ1v) is 7.99. The van der Waals surface area contributed by atoms with Crippen molar-refractivity contribution in [2.45, 2.75) is 38.4 Å². The Morgan fingerprint density at radius 1 is 1.46 bits per heavy atom. The first kappa shape index (κ1) is 18.4. The van der Waals surface area contributed by atoms with Crippen molar-refractivity contribution in [3.05, 3.63) is 35.6 Å². The summed E-state index contributed by atoms with van der Waals surface area (Å²) in [5, 5.41) is 14.7. The van der Waals surface area contributed by atoms with E-state index in [0.29, 0.717) is 18.7 Å². The van der Waals surface area contributed by atoms with Crippen LogP contribution >= 0.6 is 0 Å². The van der Waals surface area contributed by atoms with Crippen LogP contribution < -0.4 is 10.6 Å². The monoisotopic (exact) mass is 337 g/mol. The molecule has 0 saturated carbocycles. The van der Waals surface area contributed by atoms with E-state index in [-0.39, 0.29) is 37.2 Å². The molecule has 3 N–H and O–H groups in total. The predicted octanol–water partition coefficient (Wildman–Crippen LogP) is 0.403. The first-order chi connectivity index (χ1) is 11.3. The number of carbonyl (C=O) groups excluding carboxylic acids is 2. The summed E-state index contributed by atoms with van der Waals surface area (Å²) in [5.74, 6) is -0.891. The van der Waals surface area contributed by atoms with Gasteiger partial charge in [0.2, 0.25) is 11.8 Å². The van der Waals surface area contributed by atoms with Gasteiger partial charge in [-0.25, -0.2) is 4.39 Å². The molecule has 1 aliphatic rings. The van der Waals surface area contributed by atoms with Crippen LogP contribution in [0.1, 0.15) is 25.8 Å². The molecule has 0 radical (unpaired) electrons. The molecule has 1 saturated heterocycles. The van der Waals surface area contributed by atoms with E-state index >= 15 is 0 Å². The molecule has 132 valence electrons. The molecule has 0 aliphatic carbocycles. The summed E-state index contributed by atoms with van der Waals surface area (Å²) in [6, 6.07) is 5.75. The third kappa shape index (κ3) is 4.75. The molecule has 0 bridgehead atoms. The summed E-state index contributed by atoms with van der Waals surface area (Å²) in [6.45, 7) is 4.47. The van der Waals surface area contributed by atoms with Gasteiger partial charge >= 0.3 is 0 Å². The lowest BCUT2D eigenvalue weighted by Gasteiger charge is -2.35. The number of halogens is 1. The van der Waals surface area contributed by atoms with E-state index in [0.717, 1.165) is 0 Å². The number of hydrogen-bond acceptors (Lipinski definition) is 4. The molecular weight excluding hydrogens is 313 g/mol. The van der Waals surface area contributed by atoms with E-state index in [4.69, 9.17) is 0 Å². The molecule has 24 heavy (non-hydrogen) atoms. The zero-order valence-corrected chi connectivity index (χ0v) is 14.0. The lowest BCUT2D eigenvalue weighted by atomic mass is 10.0. The van der Waals surface area contributed by atoms with Crippen LogP contribution in [0.3, 0.4) is 0 Å². The molecule has 0 spiro atoms. The number of benzene rings is 1. The number of amides is 2. The van der Waals surface area contributed by atoms with Crippen LogP contribution in [0, 0.1) is 5.82 Å². The van der Waals surface area contributed by atoms with Gasteiger partial charge in [0.05, 0.1) is 24.6 Å². The Morgan fingerprint density at radius 3 is 2.83 bits per heavy atom. The quantitative estimate of drug-likeness (QED) is 0.702. The van der Waals surface area contributed by atoms with Gasteiger partial charge in [-0.1, -0.05) is 18.2 Å². The average molecular weight is 337 g/mol. The minimum atomic E-state index is -0.751. The van der Waals surface area contributed by atoms with Crippen LogP contribution in [0.15, 0.2) is 24.3 Å². The number of aliphatic hydroxyl groups is 1. The first-order valence-electron chi connectivity index (χ1n) is 7.99. The van der Waals surface area contributed by atoms with E-state index in [9.17, 15) is 19.1 Å². The molecule has 1 fully saturated rings. The molecule has 1 unspecified atom stereocenters. The average Bonchev–Trinajstić information content (AvgIpc) is 2.52. The van der Waals surface area contributed by atoms with Crippen LogP contribution in [0.5, 0.6) is 0 Å². The third-order valence-corrected chi connectivity index (χ3v) is 4.02. The zero-order valence-electron chi connectivity index (χ0n) is 14.0. The molecule has 1 aromatic rings. The Labute approximate surface area is 141 Å². The van der Waals surface area contributed by atoms with Crippen molar-refractivity contribution in [1.82, 2.24) is 15.5 Å². The molecule has 6 nitrogen and oxygen atoms in total. The largest absolute Gasteiger partial charge is 0.394 e. The normalized spacial score (nSPS) is 19.0. The van der Waals surface area contributed by atoms with Crippen molar-refractivity contribution in [3.8, 4) is 0 Å². The summed E-state index contributed by atoms with van der Waals surface area (Å²) >= 11 is 0. The molecule has 1 aromatic carbocycles. The van der Waals surface area contributed by atoms with Gasteiger partial charge in [0.25, 0.3) is 0 Å². The second-order valence-electron chi connectivity index (χ2n) is 6.66. The number of nitrogens with zero attached hydrogens (tertiary/aromatic N) is 1. The van der Waals surface area contributed by atoms with Crippen LogP contribution in [0.4, 0.5) is 4.39 Å². The highest BCUT2D eigenvalue weighted by Crippen LogP contribution is 2.16. The van der Waals surface area contributed by atoms with Crippen molar-refractivity contribution in [3.63, 3.8) is 0 Å². The standard InChI is InChI=1S/C17H24FN3O3/c1-17(2,11-22)20-15(23)9-14-16(24)19-7-8-21(14)10-12-5-3-4-6-13(12)18/h3-6,14,22H,7-11H2,1-2H3,(H,19,24)(H,20,23). The molecule has 2 rings (SSSR count). The summed E-state index contributed by atoms with van der Waals surface area (Å²) in [4.78, 5) is 26.2. The van der Waals surface area contributed by atoms with Crippen molar-refractivity contribution in [1.29, 1.82) is 0 Å². The maximum Gasteiger partial charge on any atom is 0.237 e. The van der Waals surface area contributed by atoms with Gasteiger partial charge < -0.3 is 15.7 Å². The fourth-order valence-electron chi connectivity index (χ4n) is 2.66. The highest BCUT2D eigenvalue weighted by atomic mass is 19.1. The Morgan fingerprint density at radius 2 is 2.17 bits per heavy atom. The Kier molecular flexibility index (Phi) is 5.90. The SMILES string of the molecule is CC(C)(CO)NC(=O)CC1C(=O)NCCN1Cc1ccccc1F. The van der Waals surface area contributed by atoms with Crippen LogP contribution in [-0.2, 0) is 16.1 Å². The van der Waals surface area contributed by atoms with Gasteiger partial charge in [-0.2, -0.15) is 0 Å². The van der Waals surface area contributed by atoms with Gasteiger partial charge in [-0.05, 0) is 19.9 Å². The topological polar surface area (TPSA) is 81.7 Å². The molecular formula is C17H24FN3O3. The van der Waals surface area contributed by atoms with E-state index in [1.54, 1.807) is 32.0 Å². The predicted molar refractivity (Wildman–Crippen MR) is 87.5 cm³/mol. The highest BCUT2D eigenvalue weighted by Gasteiger charge is 2.33. The van der Waals surface area contributed by atoms with Gasteiger partial charge in [0.15, 0.2) is 0 Å². The minimum absolute atomic E-state index is 0.0380. The third-order valence-electron chi connectivity index (χ3n) is 4.02. The van der Waals surface area contributed by atoms with Crippen molar-refractivity contribution >= 4 is 11.8 Å². The molecule has 0 aromatic heterocycles. The second-order valence-corrected chi connectivity index (χ2v) is 6.66. The van der Waals surface area contributed by atoms with Gasteiger partial charge in [0.1, 0.15) is 5.82 Å². The van der Waals surface area contributed by atoms with E-state index in [1.807, 2.05) is 4.90 Å². The number of aliphatic hydroxyl groups excluding tert-OH is 1. The highest BCUT2D eigenvalue weighted by molar-refractivity contribution is 5.89. The summed E-state index contributed by atoms with van der Waals surface area (Å²) in [5.41, 5.74) is -0.258. The minimum Gasteiger partial charge on any atom is -0.394 e. The van der Waals surface area contributed by atoms with Crippen molar-refractivity contribution < 1.29 is 19.1 Å². The summed E-state index contributed by atoms with van der Waals surface area (Å²) < 4.78 is 13.9. The summed E-state index contributed by atoms with van der Waals surface area (Å²) in [7, 11) is 0. The van der Waals surface area contributed by atoms with Gasteiger partial charge in [-0.15, -0.1) is 0 Å². The number of nitrogens with one attached hydrogen (secondary N) is 2. The van der Waals surface area contributed by atoms with E-state index in [1.165, 1.54) is 6.07 Å². The van der Waals surface area contributed by atoms with Gasteiger partial charge in [0, 0.05) is 25.2 Å². The fraction of sp³-hybridized carbons (Fsp3) is 0.529. The molecule has 7 heteroatoms. The number of piperazine rings is 1. The van der Waals surface area contributed by atoms with Crippen LogP contribution in [0.25, 0.3) is 0 Å². The lowest BCUT2D eigenvalue weighted by molar-refractivity contribution is -0.135. The van der Waals surface area contributed by atoms with E-state index < -0.39 is 11.6 Å². The molecule has 1 atom stereocenters. The number of carbonyl (C=O) groups is 2. The maximum absolute atomic E-state index is 13.9. The number of hydrogen-bond donors (Lipinski definition) is 3. The van der Waals surface area contributed by atoms with Crippen molar-refractivity contribution in [2.24, 2.45) is 0 Å². The zero-order chi connectivity index (χ0) is 17.7. The molecule has 2 amide bonds. The Bertz CT molecular complexity index is 606. The summed E-state index contributed by atoms with van der Waals surface area (Å²) in [6.07, 6.45) is -0.0380.